The van der Waals surface area contributed by atoms with Crippen molar-refractivity contribution in [3.63, 3.8) is 0 Å². The van der Waals surface area contributed by atoms with Gasteiger partial charge in [0.05, 0.1) is 18.0 Å². The highest BCUT2D eigenvalue weighted by Gasteiger charge is 2.31. The van der Waals surface area contributed by atoms with Gasteiger partial charge in [-0.25, -0.2) is 0 Å². The number of carbonyl (C=O) groups excluding carboxylic acids is 3. The van der Waals surface area contributed by atoms with Crippen LogP contribution in [0.25, 0.3) is 0 Å². The van der Waals surface area contributed by atoms with Crippen LogP contribution in [-0.2, 0) is 19.1 Å². The molecule has 9 heteroatoms. The highest BCUT2D eigenvalue weighted by atomic mass is 16.6. The fraction of sp³-hybridized carbons (Fsp3) is 0.400. The van der Waals surface area contributed by atoms with Crippen LogP contribution in [0.4, 0.5) is 5.69 Å². The number of amides is 2. The molecule has 9 nitrogen and oxygen atoms in total. The third-order valence-corrected chi connectivity index (χ3v) is 3.29. The first-order valence-corrected chi connectivity index (χ1v) is 7.22. The number of nitrogens with zero attached hydrogens (tertiary/aromatic N) is 1. The molecule has 0 unspecified atom stereocenters. The highest BCUT2D eigenvalue weighted by molar-refractivity contribution is 5.87. The average molecular weight is 337 g/mol. The van der Waals surface area contributed by atoms with Crippen LogP contribution in [0, 0.1) is 10.1 Å². The number of ether oxygens (including phenoxy) is 1. The van der Waals surface area contributed by atoms with Gasteiger partial charge in [0.25, 0.3) is 5.69 Å². The third kappa shape index (κ3) is 5.34. The maximum atomic E-state index is 11.8. The molecule has 0 radical (unpaired) electrons. The first kappa shape index (κ1) is 19.1. The lowest BCUT2D eigenvalue weighted by molar-refractivity contribution is -0.384. The highest BCUT2D eigenvalue weighted by Crippen LogP contribution is 2.26. The zero-order valence-electron chi connectivity index (χ0n) is 13.4. The third-order valence-electron chi connectivity index (χ3n) is 3.29. The van der Waals surface area contributed by atoms with Crippen LogP contribution in [-0.4, -0.2) is 35.4 Å². The Morgan fingerprint density at radius 3 is 2.29 bits per heavy atom. The number of esters is 1. The molecule has 24 heavy (non-hydrogen) atoms. The quantitative estimate of drug-likeness (QED) is 0.404. The van der Waals surface area contributed by atoms with E-state index in [1.807, 2.05) is 0 Å². The fourth-order valence-corrected chi connectivity index (χ4v) is 2.26. The smallest absolute Gasteiger partial charge is 0.306 e. The summed E-state index contributed by atoms with van der Waals surface area (Å²) < 4.78 is 4.88. The van der Waals surface area contributed by atoms with E-state index in [9.17, 15) is 24.5 Å². The van der Waals surface area contributed by atoms with Gasteiger partial charge in [0.2, 0.25) is 11.8 Å². The normalized spacial score (nSPS) is 12.8. The molecule has 0 aromatic heterocycles. The van der Waals surface area contributed by atoms with Crippen LogP contribution >= 0.6 is 0 Å². The van der Waals surface area contributed by atoms with Gasteiger partial charge in [-0.2, -0.15) is 0 Å². The van der Waals surface area contributed by atoms with Gasteiger partial charge in [-0.05, 0) is 12.5 Å². The molecule has 0 saturated heterocycles. The molecule has 1 rings (SSSR count). The molecule has 3 N–H and O–H groups in total. The van der Waals surface area contributed by atoms with Crippen molar-refractivity contribution >= 4 is 23.5 Å². The maximum absolute atomic E-state index is 11.8. The maximum Gasteiger partial charge on any atom is 0.306 e. The van der Waals surface area contributed by atoms with Crippen molar-refractivity contribution in [2.24, 2.45) is 5.73 Å². The predicted molar refractivity (Wildman–Crippen MR) is 83.9 cm³/mol. The molecule has 0 bridgehead atoms. The van der Waals surface area contributed by atoms with Crippen molar-refractivity contribution < 1.29 is 24.0 Å². The van der Waals surface area contributed by atoms with Crippen LogP contribution in [0.1, 0.15) is 31.7 Å². The summed E-state index contributed by atoms with van der Waals surface area (Å²) in [6, 6.07) is 4.19. The van der Waals surface area contributed by atoms with Crippen molar-refractivity contribution in [2.75, 3.05) is 6.61 Å². The lowest BCUT2D eigenvalue weighted by Gasteiger charge is -2.25. The first-order chi connectivity index (χ1) is 11.3. The SMILES string of the molecule is CCOC(=O)C[C@H](c1ccc([N+](=O)[O-])cc1)[C@H](NC(C)=O)C(N)=O. The Balaban J connectivity index is 3.19. The summed E-state index contributed by atoms with van der Waals surface area (Å²) in [7, 11) is 0. The van der Waals surface area contributed by atoms with Crippen molar-refractivity contribution in [1.82, 2.24) is 5.32 Å². The van der Waals surface area contributed by atoms with E-state index in [0.29, 0.717) is 5.56 Å². The first-order valence-electron chi connectivity index (χ1n) is 7.22. The zero-order valence-corrected chi connectivity index (χ0v) is 13.4. The molecule has 1 aromatic carbocycles. The van der Waals surface area contributed by atoms with Gasteiger partial charge in [-0.15, -0.1) is 0 Å². The van der Waals surface area contributed by atoms with Crippen LogP contribution in [0.15, 0.2) is 24.3 Å². The van der Waals surface area contributed by atoms with E-state index in [4.69, 9.17) is 10.5 Å². The number of nitro benzene ring substituents is 1. The molecule has 0 heterocycles. The number of primary amides is 1. The zero-order chi connectivity index (χ0) is 18.3. The second kappa shape index (κ2) is 8.61. The van der Waals surface area contributed by atoms with Gasteiger partial charge in [-0.3, -0.25) is 24.5 Å². The van der Waals surface area contributed by atoms with Crippen LogP contribution < -0.4 is 11.1 Å². The van der Waals surface area contributed by atoms with E-state index in [2.05, 4.69) is 5.32 Å². The molecule has 130 valence electrons. The van der Waals surface area contributed by atoms with Crippen LogP contribution in [0.5, 0.6) is 0 Å². The summed E-state index contributed by atoms with van der Waals surface area (Å²) in [5.41, 5.74) is 5.65. The Bertz CT molecular complexity index is 629. The summed E-state index contributed by atoms with van der Waals surface area (Å²) in [6.07, 6.45) is -0.209. The molecule has 1 aromatic rings. The standard InChI is InChI=1S/C15H19N3O6/c1-3-24-13(20)8-12(14(15(16)21)17-9(2)19)10-4-6-11(7-5-10)18(22)23/h4-7,12,14H,3,8H2,1-2H3,(H2,16,21)(H,17,19)/t12-,14+/m1/s1. The van der Waals surface area contributed by atoms with Crippen LogP contribution in [0.3, 0.4) is 0 Å². The van der Waals surface area contributed by atoms with Crippen molar-refractivity contribution in [1.29, 1.82) is 0 Å². The number of nitrogens with one attached hydrogen (secondary N) is 1. The van der Waals surface area contributed by atoms with Crippen molar-refractivity contribution in [2.45, 2.75) is 32.2 Å². The minimum absolute atomic E-state index is 0.135. The Morgan fingerprint density at radius 2 is 1.88 bits per heavy atom. The number of nitro groups is 1. The molecule has 2 amide bonds. The topological polar surface area (TPSA) is 142 Å². The van der Waals surface area contributed by atoms with E-state index >= 15 is 0 Å². The van der Waals surface area contributed by atoms with Gasteiger partial charge >= 0.3 is 5.97 Å². The number of hydrogen-bond donors (Lipinski definition) is 2. The number of benzene rings is 1. The van der Waals surface area contributed by atoms with E-state index in [1.165, 1.54) is 31.2 Å². The van der Waals surface area contributed by atoms with Gasteiger partial charge in [0.1, 0.15) is 6.04 Å². The Labute approximate surface area is 138 Å². The van der Waals surface area contributed by atoms with E-state index in [-0.39, 0.29) is 18.7 Å². The second-order valence-electron chi connectivity index (χ2n) is 5.04. The monoisotopic (exact) mass is 337 g/mol. The molecule has 0 aliphatic carbocycles. The molecular formula is C15H19N3O6. The lowest BCUT2D eigenvalue weighted by atomic mass is 9.87. The number of hydrogen-bond acceptors (Lipinski definition) is 6. The average Bonchev–Trinajstić information content (AvgIpc) is 2.50. The van der Waals surface area contributed by atoms with Gasteiger partial charge in [0.15, 0.2) is 0 Å². The summed E-state index contributed by atoms with van der Waals surface area (Å²) in [6.45, 7) is 3.01. The molecular weight excluding hydrogens is 318 g/mol. The number of non-ortho nitro benzene ring substituents is 1. The fourth-order valence-electron chi connectivity index (χ4n) is 2.26. The number of carbonyl (C=O) groups is 3. The van der Waals surface area contributed by atoms with Gasteiger partial charge < -0.3 is 15.8 Å². The molecule has 2 atom stereocenters. The summed E-state index contributed by atoms with van der Waals surface area (Å²) >= 11 is 0. The van der Waals surface area contributed by atoms with Crippen molar-refractivity contribution in [3.8, 4) is 0 Å². The molecule has 0 fully saturated rings. The molecule has 0 aliphatic heterocycles. The van der Waals surface area contributed by atoms with Crippen molar-refractivity contribution in [3.05, 3.63) is 39.9 Å². The van der Waals surface area contributed by atoms with Gasteiger partial charge in [0, 0.05) is 25.0 Å². The molecule has 0 aliphatic rings. The molecule has 0 spiro atoms. The predicted octanol–water partition coefficient (Wildman–Crippen LogP) is 0.622. The minimum Gasteiger partial charge on any atom is -0.466 e. The minimum atomic E-state index is -1.15. The Morgan fingerprint density at radius 1 is 1.29 bits per heavy atom. The second-order valence-corrected chi connectivity index (χ2v) is 5.04. The number of nitrogens with two attached hydrogens (primary N) is 1. The molecule has 0 saturated carbocycles. The van der Waals surface area contributed by atoms with Gasteiger partial charge in [-0.1, -0.05) is 12.1 Å². The summed E-state index contributed by atoms with van der Waals surface area (Å²) in [4.78, 5) is 45.0. The Kier molecular flexibility index (Phi) is 6.84. The van der Waals surface area contributed by atoms with E-state index in [0.717, 1.165) is 0 Å². The van der Waals surface area contributed by atoms with E-state index < -0.39 is 34.7 Å². The largest absolute Gasteiger partial charge is 0.466 e. The lowest BCUT2D eigenvalue weighted by Crippen LogP contribution is -2.48. The summed E-state index contributed by atoms with van der Waals surface area (Å²) in [5, 5.41) is 13.1. The number of rotatable bonds is 8. The summed E-state index contributed by atoms with van der Waals surface area (Å²) in [5.74, 6) is -2.68. The van der Waals surface area contributed by atoms with E-state index in [1.54, 1.807) is 6.92 Å². The van der Waals surface area contributed by atoms with Crippen LogP contribution in [0.2, 0.25) is 0 Å². The Hall–Kier alpha value is -2.97.